The van der Waals surface area contributed by atoms with E-state index >= 15 is 0 Å². The summed E-state index contributed by atoms with van der Waals surface area (Å²) in [4.78, 5) is 20.3. The van der Waals surface area contributed by atoms with Gasteiger partial charge in [-0.1, -0.05) is 11.6 Å². The first-order valence-electron chi connectivity index (χ1n) is 6.41. The summed E-state index contributed by atoms with van der Waals surface area (Å²) in [6, 6.07) is 0. The minimum absolute atomic E-state index is 0.188. The summed E-state index contributed by atoms with van der Waals surface area (Å²) in [5.41, 5.74) is -0.273. The van der Waals surface area contributed by atoms with Crippen molar-refractivity contribution in [3.63, 3.8) is 0 Å². The van der Waals surface area contributed by atoms with Crippen molar-refractivity contribution in [2.24, 2.45) is 5.92 Å². The van der Waals surface area contributed by atoms with Crippen LogP contribution in [-0.4, -0.2) is 36.1 Å². The lowest BCUT2D eigenvalue weighted by molar-refractivity contribution is 0.374. The van der Waals surface area contributed by atoms with Crippen molar-refractivity contribution in [1.82, 2.24) is 15.3 Å². The lowest BCUT2D eigenvalue weighted by Gasteiger charge is -2.30. The Balaban J connectivity index is 2.12. The highest BCUT2D eigenvalue weighted by molar-refractivity contribution is 6.32. The predicted octanol–water partition coefficient (Wildman–Crippen LogP) is 1.25. The van der Waals surface area contributed by atoms with E-state index in [1.807, 2.05) is 0 Å². The molecule has 1 aromatic rings. The fourth-order valence-corrected chi connectivity index (χ4v) is 2.56. The normalized spacial score (nSPS) is 16.8. The standard InChI is InChI=1S/C12H19ClN4O/c1-2-17(7-9-3-5-14-6-4-9)11-10(13)12(18)16-8-15-11/h8-9,14H,2-7H2,1H3,(H,15,16,18). The van der Waals surface area contributed by atoms with E-state index in [0.29, 0.717) is 11.7 Å². The van der Waals surface area contributed by atoms with Gasteiger partial charge in [0.15, 0.2) is 5.82 Å². The molecule has 2 heterocycles. The number of aromatic amines is 1. The highest BCUT2D eigenvalue weighted by Crippen LogP contribution is 2.21. The molecule has 0 saturated carbocycles. The van der Waals surface area contributed by atoms with Gasteiger partial charge in [0, 0.05) is 13.1 Å². The number of rotatable bonds is 4. The number of piperidine rings is 1. The highest BCUT2D eigenvalue weighted by atomic mass is 35.5. The molecule has 6 heteroatoms. The molecule has 0 aromatic carbocycles. The fraction of sp³-hybridized carbons (Fsp3) is 0.667. The van der Waals surface area contributed by atoms with E-state index in [1.165, 1.54) is 6.33 Å². The van der Waals surface area contributed by atoms with Crippen LogP contribution in [0.3, 0.4) is 0 Å². The molecule has 1 aliphatic rings. The summed E-state index contributed by atoms with van der Waals surface area (Å²) >= 11 is 6.02. The van der Waals surface area contributed by atoms with E-state index in [0.717, 1.165) is 39.0 Å². The molecule has 1 fully saturated rings. The van der Waals surface area contributed by atoms with Crippen LogP contribution in [0.5, 0.6) is 0 Å². The second kappa shape index (κ2) is 6.20. The predicted molar refractivity (Wildman–Crippen MR) is 73.3 cm³/mol. The Hall–Kier alpha value is -1.07. The zero-order valence-electron chi connectivity index (χ0n) is 10.6. The van der Waals surface area contributed by atoms with E-state index in [-0.39, 0.29) is 10.6 Å². The third-order valence-electron chi connectivity index (χ3n) is 3.40. The number of halogens is 1. The van der Waals surface area contributed by atoms with Crippen LogP contribution in [-0.2, 0) is 0 Å². The zero-order chi connectivity index (χ0) is 13.0. The van der Waals surface area contributed by atoms with Crippen molar-refractivity contribution in [3.8, 4) is 0 Å². The average Bonchev–Trinajstić information content (AvgIpc) is 2.41. The fourth-order valence-electron chi connectivity index (χ4n) is 2.34. The molecule has 2 rings (SSSR count). The lowest BCUT2D eigenvalue weighted by Crippen LogP contribution is -2.37. The van der Waals surface area contributed by atoms with Gasteiger partial charge in [-0.2, -0.15) is 0 Å². The second-order valence-corrected chi connectivity index (χ2v) is 4.98. The number of H-pyrrole nitrogens is 1. The molecule has 5 nitrogen and oxygen atoms in total. The van der Waals surface area contributed by atoms with Crippen molar-refractivity contribution >= 4 is 17.4 Å². The molecular formula is C12H19ClN4O. The molecule has 2 N–H and O–H groups in total. The molecule has 18 heavy (non-hydrogen) atoms. The Bertz CT molecular complexity index is 442. The minimum Gasteiger partial charge on any atom is -0.355 e. The third-order valence-corrected chi connectivity index (χ3v) is 3.74. The van der Waals surface area contributed by atoms with Crippen LogP contribution in [0.1, 0.15) is 19.8 Å². The van der Waals surface area contributed by atoms with Gasteiger partial charge in [-0.3, -0.25) is 4.79 Å². The van der Waals surface area contributed by atoms with Gasteiger partial charge in [-0.25, -0.2) is 4.98 Å². The third kappa shape index (κ3) is 3.03. The summed E-state index contributed by atoms with van der Waals surface area (Å²) in [5.74, 6) is 1.24. The molecule has 1 aromatic heterocycles. The summed E-state index contributed by atoms with van der Waals surface area (Å²) < 4.78 is 0. The average molecular weight is 271 g/mol. The monoisotopic (exact) mass is 270 g/mol. The number of aromatic nitrogens is 2. The van der Waals surface area contributed by atoms with Gasteiger partial charge < -0.3 is 15.2 Å². The smallest absolute Gasteiger partial charge is 0.271 e. The first-order valence-corrected chi connectivity index (χ1v) is 6.79. The van der Waals surface area contributed by atoms with Gasteiger partial charge in [-0.05, 0) is 38.8 Å². The molecule has 0 aliphatic carbocycles. The number of nitrogens with one attached hydrogen (secondary N) is 2. The summed E-state index contributed by atoms with van der Waals surface area (Å²) in [6.07, 6.45) is 3.74. The molecule has 1 aliphatic heterocycles. The topological polar surface area (TPSA) is 61.0 Å². The molecule has 1 saturated heterocycles. The Kier molecular flexibility index (Phi) is 4.60. The Morgan fingerprint density at radius 1 is 1.50 bits per heavy atom. The summed E-state index contributed by atoms with van der Waals surface area (Å²) in [5, 5.41) is 3.54. The molecular weight excluding hydrogens is 252 g/mol. The van der Waals surface area contributed by atoms with Gasteiger partial charge in [0.1, 0.15) is 5.02 Å². The second-order valence-electron chi connectivity index (χ2n) is 4.60. The Morgan fingerprint density at radius 3 is 2.89 bits per heavy atom. The first kappa shape index (κ1) is 13.4. The van der Waals surface area contributed by atoms with Crippen molar-refractivity contribution < 1.29 is 0 Å². The maximum absolute atomic E-state index is 11.5. The summed E-state index contributed by atoms with van der Waals surface area (Å²) in [7, 11) is 0. The Labute approximate surface area is 112 Å². The van der Waals surface area contributed by atoms with E-state index in [2.05, 4.69) is 27.1 Å². The largest absolute Gasteiger partial charge is 0.355 e. The van der Waals surface area contributed by atoms with Crippen molar-refractivity contribution in [1.29, 1.82) is 0 Å². The SMILES string of the molecule is CCN(CC1CCNCC1)c1nc[nH]c(=O)c1Cl. The van der Waals surface area contributed by atoms with E-state index in [4.69, 9.17) is 11.6 Å². The lowest BCUT2D eigenvalue weighted by atomic mass is 9.97. The van der Waals surface area contributed by atoms with E-state index in [9.17, 15) is 4.79 Å². The number of hydrogen-bond donors (Lipinski definition) is 2. The van der Waals surface area contributed by atoms with Gasteiger partial charge in [-0.15, -0.1) is 0 Å². The van der Waals surface area contributed by atoms with Gasteiger partial charge in [0.05, 0.1) is 6.33 Å². The van der Waals surface area contributed by atoms with Crippen LogP contribution in [0.15, 0.2) is 11.1 Å². The molecule has 100 valence electrons. The van der Waals surface area contributed by atoms with Crippen LogP contribution in [0, 0.1) is 5.92 Å². The Morgan fingerprint density at radius 2 is 2.22 bits per heavy atom. The van der Waals surface area contributed by atoms with Gasteiger partial charge >= 0.3 is 0 Å². The molecule has 0 atom stereocenters. The number of anilines is 1. The van der Waals surface area contributed by atoms with Gasteiger partial charge in [0.25, 0.3) is 5.56 Å². The van der Waals surface area contributed by atoms with Crippen molar-refractivity contribution in [2.75, 3.05) is 31.1 Å². The maximum atomic E-state index is 11.5. The van der Waals surface area contributed by atoms with Gasteiger partial charge in [0.2, 0.25) is 0 Å². The summed E-state index contributed by atoms with van der Waals surface area (Å²) in [6.45, 7) is 5.91. The molecule has 0 bridgehead atoms. The first-order chi connectivity index (χ1) is 8.72. The van der Waals surface area contributed by atoms with Crippen LogP contribution in [0.4, 0.5) is 5.82 Å². The number of nitrogens with zero attached hydrogens (tertiary/aromatic N) is 2. The maximum Gasteiger partial charge on any atom is 0.271 e. The van der Waals surface area contributed by atoms with Crippen LogP contribution < -0.4 is 15.8 Å². The van der Waals surface area contributed by atoms with E-state index in [1.54, 1.807) is 0 Å². The molecule has 0 radical (unpaired) electrons. The van der Waals surface area contributed by atoms with Crippen LogP contribution in [0.2, 0.25) is 5.02 Å². The van der Waals surface area contributed by atoms with Crippen molar-refractivity contribution in [2.45, 2.75) is 19.8 Å². The van der Waals surface area contributed by atoms with E-state index < -0.39 is 0 Å². The highest BCUT2D eigenvalue weighted by Gasteiger charge is 2.19. The van der Waals surface area contributed by atoms with Crippen LogP contribution in [0.25, 0.3) is 0 Å². The minimum atomic E-state index is -0.273. The number of hydrogen-bond acceptors (Lipinski definition) is 4. The molecule has 0 amide bonds. The molecule has 0 spiro atoms. The van der Waals surface area contributed by atoms with Crippen molar-refractivity contribution in [3.05, 3.63) is 21.7 Å². The quantitative estimate of drug-likeness (QED) is 0.865. The zero-order valence-corrected chi connectivity index (χ0v) is 11.3. The van der Waals surface area contributed by atoms with Crippen LogP contribution >= 0.6 is 11.6 Å². The molecule has 0 unspecified atom stereocenters.